The Hall–Kier alpha value is -2.88. The zero-order chi connectivity index (χ0) is 15.5. The summed E-state index contributed by atoms with van der Waals surface area (Å²) in [7, 11) is 0. The Morgan fingerprint density at radius 1 is 1.05 bits per heavy atom. The van der Waals surface area contributed by atoms with Gasteiger partial charge in [0.1, 0.15) is 5.70 Å². The number of imide groups is 1. The first-order valence-electron chi connectivity index (χ1n) is 7.08. The van der Waals surface area contributed by atoms with Gasteiger partial charge in [-0.3, -0.25) is 9.69 Å². The Labute approximate surface area is 129 Å². The highest BCUT2D eigenvalue weighted by atomic mass is 16.2. The van der Waals surface area contributed by atoms with E-state index in [1.807, 2.05) is 61.5 Å². The molecule has 0 atom stereocenters. The lowest BCUT2D eigenvalue weighted by molar-refractivity contribution is -0.123. The van der Waals surface area contributed by atoms with E-state index in [0.717, 1.165) is 16.7 Å². The molecule has 3 amide bonds. The summed E-state index contributed by atoms with van der Waals surface area (Å²) in [6.45, 7) is 2.26. The average molecular weight is 292 g/mol. The number of carbonyl (C=O) groups excluding carboxylic acids is 2. The first-order valence-corrected chi connectivity index (χ1v) is 7.08. The van der Waals surface area contributed by atoms with Gasteiger partial charge in [0.2, 0.25) is 0 Å². The van der Waals surface area contributed by atoms with Crippen LogP contribution in [0.1, 0.15) is 16.7 Å². The van der Waals surface area contributed by atoms with Crippen LogP contribution in [0.25, 0.3) is 6.08 Å². The number of hydrogen-bond acceptors (Lipinski definition) is 2. The molecule has 0 unspecified atom stereocenters. The van der Waals surface area contributed by atoms with Crippen molar-refractivity contribution in [1.29, 1.82) is 0 Å². The average Bonchev–Trinajstić information content (AvgIpc) is 2.76. The van der Waals surface area contributed by atoms with Crippen molar-refractivity contribution in [1.82, 2.24) is 10.2 Å². The molecule has 0 spiro atoms. The summed E-state index contributed by atoms with van der Waals surface area (Å²) in [6, 6.07) is 16.8. The van der Waals surface area contributed by atoms with Crippen LogP contribution >= 0.6 is 0 Å². The lowest BCUT2D eigenvalue weighted by atomic mass is 10.1. The van der Waals surface area contributed by atoms with Crippen LogP contribution in [0.4, 0.5) is 4.79 Å². The molecule has 2 aromatic carbocycles. The largest absolute Gasteiger partial charge is 0.329 e. The molecule has 1 fully saturated rings. The second kappa shape index (κ2) is 5.85. The number of nitrogens with zero attached hydrogens (tertiary/aromatic N) is 1. The molecule has 3 rings (SSSR count). The minimum Gasteiger partial charge on any atom is -0.303 e. The van der Waals surface area contributed by atoms with Crippen molar-refractivity contribution in [3.8, 4) is 0 Å². The van der Waals surface area contributed by atoms with E-state index in [4.69, 9.17) is 0 Å². The molecule has 1 saturated heterocycles. The van der Waals surface area contributed by atoms with Crippen LogP contribution in [-0.2, 0) is 11.3 Å². The fourth-order valence-electron chi connectivity index (χ4n) is 2.42. The molecule has 2 aromatic rings. The van der Waals surface area contributed by atoms with Gasteiger partial charge < -0.3 is 5.32 Å². The van der Waals surface area contributed by atoms with Gasteiger partial charge in [-0.25, -0.2) is 4.79 Å². The fraction of sp³-hybridized carbons (Fsp3) is 0.111. The summed E-state index contributed by atoms with van der Waals surface area (Å²) in [6.07, 6.45) is 1.69. The summed E-state index contributed by atoms with van der Waals surface area (Å²) in [4.78, 5) is 25.6. The van der Waals surface area contributed by atoms with E-state index in [1.54, 1.807) is 6.08 Å². The molecule has 1 aliphatic heterocycles. The Morgan fingerprint density at radius 2 is 1.82 bits per heavy atom. The summed E-state index contributed by atoms with van der Waals surface area (Å²) in [5.74, 6) is -0.296. The van der Waals surface area contributed by atoms with Crippen molar-refractivity contribution < 1.29 is 9.59 Å². The molecule has 0 bridgehead atoms. The van der Waals surface area contributed by atoms with Crippen molar-refractivity contribution in [3.05, 3.63) is 77.0 Å². The lowest BCUT2D eigenvalue weighted by Gasteiger charge is -2.12. The van der Waals surface area contributed by atoms with Crippen molar-refractivity contribution in [2.45, 2.75) is 13.5 Å². The van der Waals surface area contributed by atoms with Gasteiger partial charge in [0.15, 0.2) is 0 Å². The maximum atomic E-state index is 12.4. The van der Waals surface area contributed by atoms with Gasteiger partial charge in [0.25, 0.3) is 5.91 Å². The third kappa shape index (κ3) is 2.91. The molecule has 1 aliphatic rings. The number of hydrogen-bond donors (Lipinski definition) is 1. The zero-order valence-electron chi connectivity index (χ0n) is 12.2. The summed E-state index contributed by atoms with van der Waals surface area (Å²) in [5.41, 5.74) is 3.22. The summed E-state index contributed by atoms with van der Waals surface area (Å²) >= 11 is 0. The number of aryl methyl sites for hydroxylation is 1. The van der Waals surface area contributed by atoms with Crippen molar-refractivity contribution >= 4 is 18.0 Å². The highest BCUT2D eigenvalue weighted by Crippen LogP contribution is 2.17. The molecule has 4 heteroatoms. The number of amides is 3. The zero-order valence-corrected chi connectivity index (χ0v) is 12.2. The van der Waals surface area contributed by atoms with E-state index >= 15 is 0 Å². The third-order valence-corrected chi connectivity index (χ3v) is 3.50. The molecular formula is C18H16N2O2. The minimum atomic E-state index is -0.381. The van der Waals surface area contributed by atoms with Crippen molar-refractivity contribution in [2.24, 2.45) is 0 Å². The van der Waals surface area contributed by atoms with Crippen molar-refractivity contribution in [3.63, 3.8) is 0 Å². The maximum Gasteiger partial charge on any atom is 0.329 e. The van der Waals surface area contributed by atoms with Crippen LogP contribution in [0.15, 0.2) is 60.3 Å². The fourth-order valence-corrected chi connectivity index (χ4v) is 2.42. The van der Waals surface area contributed by atoms with Gasteiger partial charge >= 0.3 is 6.03 Å². The van der Waals surface area contributed by atoms with Crippen LogP contribution in [0.2, 0.25) is 0 Å². The lowest BCUT2D eigenvalue weighted by Crippen LogP contribution is -2.30. The maximum absolute atomic E-state index is 12.4. The Morgan fingerprint density at radius 3 is 2.55 bits per heavy atom. The highest BCUT2D eigenvalue weighted by molar-refractivity contribution is 6.13. The minimum absolute atomic E-state index is 0.276. The highest BCUT2D eigenvalue weighted by Gasteiger charge is 2.33. The molecule has 0 saturated carbocycles. The number of benzene rings is 2. The van der Waals surface area contributed by atoms with Crippen LogP contribution in [-0.4, -0.2) is 16.8 Å². The van der Waals surface area contributed by atoms with Gasteiger partial charge in [0, 0.05) is 0 Å². The van der Waals surface area contributed by atoms with Gasteiger partial charge in [-0.05, 0) is 24.1 Å². The van der Waals surface area contributed by atoms with E-state index in [9.17, 15) is 9.59 Å². The molecule has 22 heavy (non-hydrogen) atoms. The topological polar surface area (TPSA) is 49.4 Å². The quantitative estimate of drug-likeness (QED) is 0.698. The number of nitrogens with one attached hydrogen (secondary N) is 1. The van der Waals surface area contributed by atoms with Crippen LogP contribution in [0, 0.1) is 6.92 Å². The van der Waals surface area contributed by atoms with E-state index in [2.05, 4.69) is 5.32 Å². The predicted molar refractivity (Wildman–Crippen MR) is 84.7 cm³/mol. The van der Waals surface area contributed by atoms with Gasteiger partial charge in [-0.15, -0.1) is 0 Å². The summed E-state index contributed by atoms with van der Waals surface area (Å²) in [5, 5.41) is 2.64. The molecule has 0 radical (unpaired) electrons. The molecular weight excluding hydrogens is 276 g/mol. The number of rotatable bonds is 3. The smallest absolute Gasteiger partial charge is 0.303 e. The molecule has 1 N–H and O–H groups in total. The first kappa shape index (κ1) is 14.1. The van der Waals surface area contributed by atoms with Crippen molar-refractivity contribution in [2.75, 3.05) is 0 Å². The SMILES string of the molecule is Cc1cccc(CN2C(=O)N/C(=C/c3ccccc3)C2=O)c1. The standard InChI is InChI=1S/C18H16N2O2/c1-13-6-5-9-15(10-13)12-20-17(21)16(19-18(20)22)11-14-7-3-2-4-8-14/h2-11H,12H2,1H3,(H,19,22)/b16-11+. The molecule has 4 nitrogen and oxygen atoms in total. The van der Waals surface area contributed by atoms with Gasteiger partial charge in [-0.1, -0.05) is 60.2 Å². The number of carbonyl (C=O) groups is 2. The van der Waals surface area contributed by atoms with Crippen LogP contribution in [0.3, 0.4) is 0 Å². The molecule has 0 aliphatic carbocycles. The van der Waals surface area contributed by atoms with Crippen LogP contribution in [0.5, 0.6) is 0 Å². The normalized spacial score (nSPS) is 16.2. The van der Waals surface area contributed by atoms with Gasteiger partial charge in [-0.2, -0.15) is 0 Å². The monoisotopic (exact) mass is 292 g/mol. The molecule has 1 heterocycles. The molecule has 110 valence electrons. The number of urea groups is 1. The second-order valence-electron chi connectivity index (χ2n) is 5.28. The van der Waals surface area contributed by atoms with E-state index < -0.39 is 0 Å². The van der Waals surface area contributed by atoms with Crippen LogP contribution < -0.4 is 5.32 Å². The van der Waals surface area contributed by atoms with E-state index in [-0.39, 0.29) is 18.5 Å². The predicted octanol–water partition coefficient (Wildman–Crippen LogP) is 3.09. The molecule has 0 aromatic heterocycles. The summed E-state index contributed by atoms with van der Waals surface area (Å²) < 4.78 is 0. The Balaban J connectivity index is 1.81. The first-order chi connectivity index (χ1) is 10.6. The second-order valence-corrected chi connectivity index (χ2v) is 5.28. The van der Waals surface area contributed by atoms with E-state index in [0.29, 0.717) is 5.70 Å². The van der Waals surface area contributed by atoms with Gasteiger partial charge in [0.05, 0.1) is 6.54 Å². The van der Waals surface area contributed by atoms with E-state index in [1.165, 1.54) is 4.90 Å². The third-order valence-electron chi connectivity index (χ3n) is 3.50. The Bertz CT molecular complexity index is 751. The Kier molecular flexibility index (Phi) is 3.74.